The minimum Gasteiger partial charge on any atom is -0.458 e. The molecule has 15 heavy (non-hydrogen) atoms. The normalized spacial score (nSPS) is 12.1. The number of nitrogens with one attached hydrogen (secondary N) is 1. The largest absolute Gasteiger partial charge is 0.458 e. The van der Waals surface area contributed by atoms with Crippen molar-refractivity contribution in [1.29, 1.82) is 0 Å². The van der Waals surface area contributed by atoms with Crippen LogP contribution in [0.15, 0.2) is 0 Å². The van der Waals surface area contributed by atoms with Crippen molar-refractivity contribution in [2.75, 3.05) is 0 Å². The molecule has 0 saturated heterocycles. The van der Waals surface area contributed by atoms with Gasteiger partial charge < -0.3 is 10.1 Å². The summed E-state index contributed by atoms with van der Waals surface area (Å²) in [7, 11) is 0. The van der Waals surface area contributed by atoms with E-state index < -0.39 is 23.5 Å². The van der Waals surface area contributed by atoms with Gasteiger partial charge in [-0.05, 0) is 40.5 Å². The first-order chi connectivity index (χ1) is 6.76. The second kappa shape index (κ2) is 5.40. The Labute approximate surface area is 90.4 Å². The number of amides is 1. The van der Waals surface area contributed by atoms with Crippen molar-refractivity contribution in [2.24, 2.45) is 0 Å². The summed E-state index contributed by atoms with van der Waals surface area (Å²) in [6, 6.07) is -0.683. The van der Waals surface area contributed by atoms with Crippen LogP contribution < -0.4 is 5.32 Å². The zero-order valence-corrected chi connectivity index (χ0v) is 9.80. The highest BCUT2D eigenvalue weighted by Gasteiger charge is 2.22. The molecule has 0 heterocycles. The molecule has 0 bridgehead atoms. The molecule has 84 valence electrons. The molecule has 4 heteroatoms. The lowest BCUT2D eigenvalue weighted by molar-refractivity contribution is -0.157. The molecule has 0 fully saturated rings. The third kappa shape index (κ3) is 6.55. The molecular formula is C11H17NO3. The van der Waals surface area contributed by atoms with E-state index in [0.717, 1.165) is 0 Å². The summed E-state index contributed by atoms with van der Waals surface area (Å²) in [5.74, 6) is 3.79. The lowest BCUT2D eigenvalue weighted by Crippen LogP contribution is -2.41. The molecule has 0 unspecified atom stereocenters. The summed E-state index contributed by atoms with van der Waals surface area (Å²) < 4.78 is 5.08. The van der Waals surface area contributed by atoms with Gasteiger partial charge in [-0.1, -0.05) is 5.92 Å². The van der Waals surface area contributed by atoms with Crippen LogP contribution in [0.3, 0.4) is 0 Å². The van der Waals surface area contributed by atoms with Gasteiger partial charge in [-0.15, -0.1) is 0 Å². The zero-order valence-electron chi connectivity index (χ0n) is 9.80. The molecule has 0 aliphatic carbocycles. The van der Waals surface area contributed by atoms with Crippen molar-refractivity contribution in [3.63, 3.8) is 0 Å². The number of carbonyl (C=O) groups excluding carboxylic acids is 2. The number of hydrogen-bond acceptors (Lipinski definition) is 3. The van der Waals surface area contributed by atoms with Gasteiger partial charge >= 0.3 is 5.97 Å². The first-order valence-corrected chi connectivity index (χ1v) is 4.72. The standard InChI is InChI=1S/C11H17NO3/c1-6-7-9(13)12-8(2)10(14)15-11(3,4)5/h8H,1-5H3,(H,12,13)/t8-/m0/s1. The Morgan fingerprint density at radius 1 is 1.33 bits per heavy atom. The zero-order chi connectivity index (χ0) is 12.1. The second-order valence-electron chi connectivity index (χ2n) is 4.10. The molecule has 1 atom stereocenters. The first kappa shape index (κ1) is 13.5. The van der Waals surface area contributed by atoms with E-state index in [1.807, 2.05) is 0 Å². The fourth-order valence-corrected chi connectivity index (χ4v) is 0.795. The van der Waals surface area contributed by atoms with Gasteiger partial charge in [0.1, 0.15) is 11.6 Å². The summed E-state index contributed by atoms with van der Waals surface area (Å²) >= 11 is 0. The highest BCUT2D eigenvalue weighted by molar-refractivity contribution is 5.96. The maximum atomic E-state index is 11.4. The van der Waals surface area contributed by atoms with Crippen molar-refractivity contribution < 1.29 is 14.3 Å². The van der Waals surface area contributed by atoms with E-state index in [2.05, 4.69) is 17.2 Å². The van der Waals surface area contributed by atoms with Gasteiger partial charge in [0.05, 0.1) is 0 Å². The Kier molecular flexibility index (Phi) is 4.86. The maximum absolute atomic E-state index is 11.4. The number of carbonyl (C=O) groups is 2. The summed E-state index contributed by atoms with van der Waals surface area (Å²) in [4.78, 5) is 22.4. The average Bonchev–Trinajstić information content (AvgIpc) is 2.00. The summed E-state index contributed by atoms with van der Waals surface area (Å²) in [6.45, 7) is 8.42. The quantitative estimate of drug-likeness (QED) is 0.544. The van der Waals surface area contributed by atoms with Crippen molar-refractivity contribution in [1.82, 2.24) is 5.32 Å². The SMILES string of the molecule is CC#CC(=O)N[C@@H](C)C(=O)OC(C)(C)C. The van der Waals surface area contributed by atoms with Crippen LogP contribution in [-0.4, -0.2) is 23.5 Å². The minimum absolute atomic E-state index is 0.464. The van der Waals surface area contributed by atoms with E-state index in [9.17, 15) is 9.59 Å². The van der Waals surface area contributed by atoms with Crippen LogP contribution in [0.1, 0.15) is 34.6 Å². The number of rotatable bonds is 2. The number of esters is 1. The monoisotopic (exact) mass is 211 g/mol. The molecule has 0 saturated carbocycles. The van der Waals surface area contributed by atoms with Gasteiger partial charge in [-0.3, -0.25) is 4.79 Å². The highest BCUT2D eigenvalue weighted by atomic mass is 16.6. The third-order valence-corrected chi connectivity index (χ3v) is 1.35. The van der Waals surface area contributed by atoms with E-state index in [1.165, 1.54) is 0 Å². The topological polar surface area (TPSA) is 55.4 Å². The second-order valence-corrected chi connectivity index (χ2v) is 4.10. The summed E-state index contributed by atoms with van der Waals surface area (Å²) in [5.41, 5.74) is -0.549. The lowest BCUT2D eigenvalue weighted by Gasteiger charge is -2.22. The van der Waals surface area contributed by atoms with Gasteiger partial charge in [0, 0.05) is 0 Å². The molecule has 4 nitrogen and oxygen atoms in total. The fraction of sp³-hybridized carbons (Fsp3) is 0.636. The minimum atomic E-state index is -0.683. The summed E-state index contributed by atoms with van der Waals surface area (Å²) in [6.07, 6.45) is 0. The number of hydrogen-bond donors (Lipinski definition) is 1. The molecule has 0 spiro atoms. The Morgan fingerprint density at radius 3 is 2.27 bits per heavy atom. The molecule has 0 aromatic heterocycles. The van der Waals surface area contributed by atoms with Crippen LogP contribution >= 0.6 is 0 Å². The first-order valence-electron chi connectivity index (χ1n) is 4.72. The predicted molar refractivity (Wildman–Crippen MR) is 56.9 cm³/mol. The predicted octanol–water partition coefficient (Wildman–Crippen LogP) is 0.856. The summed E-state index contributed by atoms with van der Waals surface area (Å²) in [5, 5.41) is 2.42. The van der Waals surface area contributed by atoms with Crippen LogP contribution in [-0.2, 0) is 14.3 Å². The third-order valence-electron chi connectivity index (χ3n) is 1.35. The highest BCUT2D eigenvalue weighted by Crippen LogP contribution is 2.08. The van der Waals surface area contributed by atoms with Gasteiger partial charge in [0.2, 0.25) is 0 Å². The molecule has 1 amide bonds. The fourth-order valence-electron chi connectivity index (χ4n) is 0.795. The van der Waals surface area contributed by atoms with Gasteiger partial charge in [-0.25, -0.2) is 4.79 Å². The van der Waals surface area contributed by atoms with Crippen molar-refractivity contribution in [3.8, 4) is 11.8 Å². The van der Waals surface area contributed by atoms with Crippen molar-refractivity contribution in [2.45, 2.75) is 46.3 Å². The van der Waals surface area contributed by atoms with E-state index in [-0.39, 0.29) is 0 Å². The van der Waals surface area contributed by atoms with Crippen molar-refractivity contribution >= 4 is 11.9 Å². The Hall–Kier alpha value is -1.50. The van der Waals surface area contributed by atoms with Gasteiger partial charge in [-0.2, -0.15) is 0 Å². The molecule has 0 aromatic carbocycles. The van der Waals surface area contributed by atoms with E-state index in [1.54, 1.807) is 34.6 Å². The number of ether oxygens (including phenoxy) is 1. The Morgan fingerprint density at radius 2 is 1.87 bits per heavy atom. The van der Waals surface area contributed by atoms with E-state index in [0.29, 0.717) is 0 Å². The van der Waals surface area contributed by atoms with E-state index >= 15 is 0 Å². The average molecular weight is 211 g/mol. The maximum Gasteiger partial charge on any atom is 0.328 e. The molecule has 0 rings (SSSR count). The van der Waals surface area contributed by atoms with Crippen LogP contribution in [0.5, 0.6) is 0 Å². The Bertz CT molecular complexity index is 304. The van der Waals surface area contributed by atoms with Gasteiger partial charge in [0.25, 0.3) is 5.91 Å². The van der Waals surface area contributed by atoms with Gasteiger partial charge in [0.15, 0.2) is 0 Å². The smallest absolute Gasteiger partial charge is 0.328 e. The van der Waals surface area contributed by atoms with Crippen molar-refractivity contribution in [3.05, 3.63) is 0 Å². The van der Waals surface area contributed by atoms with E-state index in [4.69, 9.17) is 4.74 Å². The van der Waals surface area contributed by atoms with Crippen LogP contribution in [0.25, 0.3) is 0 Å². The molecule has 1 N–H and O–H groups in total. The molecule has 0 aliphatic heterocycles. The molecule has 0 radical (unpaired) electrons. The molecular weight excluding hydrogens is 194 g/mol. The molecule has 0 aliphatic rings. The Balaban J connectivity index is 4.21. The van der Waals surface area contributed by atoms with Crippen LogP contribution in [0.4, 0.5) is 0 Å². The van der Waals surface area contributed by atoms with Crippen LogP contribution in [0, 0.1) is 11.8 Å². The molecule has 0 aromatic rings. The lowest BCUT2D eigenvalue weighted by atomic mass is 10.2. The van der Waals surface area contributed by atoms with Crippen LogP contribution in [0.2, 0.25) is 0 Å².